The zero-order valence-electron chi connectivity index (χ0n) is 37.3. The molecule has 0 aromatic carbocycles. The molecule has 0 spiro atoms. The first-order valence-electron chi connectivity index (χ1n) is 23.4. The fourth-order valence-corrected chi connectivity index (χ4v) is 7.01. The highest BCUT2D eigenvalue weighted by Crippen LogP contribution is 2.16. The molecule has 0 aromatic heterocycles. The molecule has 8 nitrogen and oxygen atoms in total. The molecule has 0 aliphatic heterocycles. The molecule has 0 aliphatic rings. The molecule has 1 N–H and O–H groups in total. The Morgan fingerprint density at radius 2 is 1.00 bits per heavy atom. The molecule has 0 bridgehead atoms. The zero-order chi connectivity index (χ0) is 41.4. The average Bonchev–Trinajstić information content (AvgIpc) is 3.15. The van der Waals surface area contributed by atoms with Crippen LogP contribution in [0.25, 0.3) is 0 Å². The number of quaternary nitrogens is 1. The first-order valence-corrected chi connectivity index (χ1v) is 23.4. The van der Waals surface area contributed by atoms with Gasteiger partial charge in [-0.2, -0.15) is 0 Å². The predicted octanol–water partition coefficient (Wildman–Crippen LogP) is 12.9. The monoisotopic (exact) mass is 793 g/mol. The van der Waals surface area contributed by atoms with Gasteiger partial charge in [-0.1, -0.05) is 179 Å². The van der Waals surface area contributed by atoms with Crippen molar-refractivity contribution in [3.05, 3.63) is 24.3 Å². The van der Waals surface area contributed by atoms with Crippen LogP contribution < -0.4 is 0 Å². The molecule has 0 amide bonds. The smallest absolute Gasteiger partial charge is 0.362 e. The Balaban J connectivity index is 4.24. The molecule has 328 valence electrons. The molecule has 0 saturated heterocycles. The molecule has 0 aromatic rings. The van der Waals surface area contributed by atoms with E-state index in [0.717, 1.165) is 70.6 Å². The second-order valence-electron chi connectivity index (χ2n) is 17.0. The minimum atomic E-state index is -0.875. The Labute approximate surface area is 345 Å². The molecule has 0 aliphatic carbocycles. The van der Waals surface area contributed by atoms with E-state index in [4.69, 9.17) is 14.2 Å². The second-order valence-corrected chi connectivity index (χ2v) is 17.0. The van der Waals surface area contributed by atoms with Gasteiger partial charge in [0.15, 0.2) is 12.1 Å². The highest BCUT2D eigenvalue weighted by molar-refractivity contribution is 5.72. The van der Waals surface area contributed by atoms with Crippen LogP contribution >= 0.6 is 0 Å². The normalized spacial score (nSPS) is 13.1. The lowest BCUT2D eigenvalue weighted by atomic mass is 10.0. The summed E-state index contributed by atoms with van der Waals surface area (Å²) in [6, 6.07) is -0.613. The van der Waals surface area contributed by atoms with Gasteiger partial charge in [0.1, 0.15) is 6.61 Å². The first-order chi connectivity index (χ1) is 27.1. The summed E-state index contributed by atoms with van der Waals surface area (Å²) in [6.07, 6.45) is 43.7. The van der Waals surface area contributed by atoms with Crippen molar-refractivity contribution in [2.24, 2.45) is 0 Å². The van der Waals surface area contributed by atoms with E-state index in [1.54, 1.807) is 0 Å². The number of rotatable bonds is 42. The van der Waals surface area contributed by atoms with Crippen LogP contribution in [-0.4, -0.2) is 80.6 Å². The lowest BCUT2D eigenvalue weighted by molar-refractivity contribution is -0.887. The summed E-state index contributed by atoms with van der Waals surface area (Å²) in [6.45, 7) is 4.64. The number of ether oxygens (including phenoxy) is 3. The minimum absolute atomic E-state index is 0.0543. The Morgan fingerprint density at radius 3 is 1.46 bits per heavy atom. The van der Waals surface area contributed by atoms with E-state index in [1.807, 2.05) is 21.1 Å². The van der Waals surface area contributed by atoms with Crippen molar-refractivity contribution in [2.45, 2.75) is 225 Å². The van der Waals surface area contributed by atoms with Gasteiger partial charge in [-0.05, 0) is 38.5 Å². The lowest BCUT2D eigenvalue weighted by Gasteiger charge is -2.31. The number of nitrogens with zero attached hydrogens (tertiary/aromatic N) is 1. The summed E-state index contributed by atoms with van der Waals surface area (Å²) in [7, 11) is 5.53. The number of carboxylic acids is 1. The van der Waals surface area contributed by atoms with Crippen LogP contribution in [-0.2, 0) is 28.6 Å². The van der Waals surface area contributed by atoms with Crippen molar-refractivity contribution in [3.63, 3.8) is 0 Å². The summed E-state index contributed by atoms with van der Waals surface area (Å²) in [4.78, 5) is 37.0. The fraction of sp³-hybridized carbons (Fsp3) is 0.854. The molecule has 2 atom stereocenters. The van der Waals surface area contributed by atoms with Crippen LogP contribution in [0.3, 0.4) is 0 Å². The van der Waals surface area contributed by atoms with Gasteiger partial charge >= 0.3 is 17.9 Å². The van der Waals surface area contributed by atoms with E-state index in [0.29, 0.717) is 19.3 Å². The van der Waals surface area contributed by atoms with Crippen LogP contribution in [0, 0.1) is 0 Å². The van der Waals surface area contributed by atoms with Crippen molar-refractivity contribution >= 4 is 17.9 Å². The predicted molar refractivity (Wildman–Crippen MR) is 234 cm³/mol. The number of allylic oxidation sites excluding steroid dienone is 4. The average molecular weight is 793 g/mol. The molecule has 0 fully saturated rings. The van der Waals surface area contributed by atoms with Crippen molar-refractivity contribution in [1.29, 1.82) is 0 Å². The van der Waals surface area contributed by atoms with Gasteiger partial charge in [0.2, 0.25) is 0 Å². The van der Waals surface area contributed by atoms with Gasteiger partial charge in [0.05, 0.1) is 34.4 Å². The van der Waals surface area contributed by atoms with Gasteiger partial charge in [-0.25, -0.2) is 4.79 Å². The molecule has 0 heterocycles. The van der Waals surface area contributed by atoms with Crippen molar-refractivity contribution < 1.29 is 38.2 Å². The summed E-state index contributed by atoms with van der Waals surface area (Å²) in [5.41, 5.74) is 0. The molecule has 8 heteroatoms. The molecule has 56 heavy (non-hydrogen) atoms. The Hall–Kier alpha value is -2.19. The Kier molecular flexibility index (Phi) is 38.1. The standard InChI is InChI=1S/C48H89NO7/c1-6-8-10-12-14-16-18-20-21-22-23-24-25-26-27-29-31-33-35-37-39-47(51)56-44(42-54-41-40-45(48(52)53)49(3,4)5)43-55-46(50)38-36-34-32-30-28-19-17-15-13-11-9-7-2/h9,11,15,17,44-45H,6-8,10,12-14,16,18-43H2,1-5H3/p+1/b11-9+,17-15+. The molecule has 0 rings (SSSR count). The number of esters is 2. The molecular formula is C48H90NO7+. The SMILES string of the molecule is CC/C=C/C/C=C/CCCCCCCC(=O)OCC(COCCC(C(=O)O)[N+](C)(C)C)OC(=O)CCCCCCCCCCCCCCCCCCCCCC. The molecule has 0 radical (unpaired) electrons. The molecule has 0 saturated carbocycles. The summed E-state index contributed by atoms with van der Waals surface area (Å²) < 4.78 is 17.3. The van der Waals surface area contributed by atoms with E-state index in [2.05, 4.69) is 38.2 Å². The summed E-state index contributed by atoms with van der Waals surface area (Å²) in [5, 5.41) is 9.62. The number of unbranched alkanes of at least 4 members (excludes halogenated alkanes) is 24. The zero-order valence-corrected chi connectivity index (χ0v) is 37.3. The third-order valence-corrected chi connectivity index (χ3v) is 10.6. The van der Waals surface area contributed by atoms with Crippen molar-refractivity contribution in [1.82, 2.24) is 0 Å². The van der Waals surface area contributed by atoms with E-state index < -0.39 is 18.1 Å². The highest BCUT2D eigenvalue weighted by Gasteiger charge is 2.31. The maximum absolute atomic E-state index is 12.7. The van der Waals surface area contributed by atoms with Crippen LogP contribution in [0.1, 0.15) is 213 Å². The number of carbonyl (C=O) groups is 3. The van der Waals surface area contributed by atoms with Gasteiger partial charge < -0.3 is 23.8 Å². The van der Waals surface area contributed by atoms with Gasteiger partial charge in [0, 0.05) is 19.3 Å². The van der Waals surface area contributed by atoms with E-state index in [1.165, 1.54) is 109 Å². The molecular weight excluding hydrogens is 703 g/mol. The third kappa shape index (κ3) is 37.4. The second kappa shape index (κ2) is 39.6. The molecule has 2 unspecified atom stereocenters. The first kappa shape index (κ1) is 53.8. The van der Waals surface area contributed by atoms with Gasteiger partial charge in [-0.15, -0.1) is 0 Å². The maximum Gasteiger partial charge on any atom is 0.362 e. The van der Waals surface area contributed by atoms with Crippen molar-refractivity contribution in [3.8, 4) is 0 Å². The minimum Gasteiger partial charge on any atom is -0.477 e. The van der Waals surface area contributed by atoms with Crippen LogP contribution in [0.4, 0.5) is 0 Å². The fourth-order valence-electron chi connectivity index (χ4n) is 7.01. The largest absolute Gasteiger partial charge is 0.477 e. The summed E-state index contributed by atoms with van der Waals surface area (Å²) >= 11 is 0. The topological polar surface area (TPSA) is 99.1 Å². The van der Waals surface area contributed by atoms with E-state index in [-0.39, 0.29) is 36.2 Å². The number of aliphatic carboxylic acids is 1. The number of carbonyl (C=O) groups excluding carboxylic acids is 2. The Morgan fingerprint density at radius 1 is 0.554 bits per heavy atom. The van der Waals surface area contributed by atoms with E-state index in [9.17, 15) is 19.5 Å². The number of hydrogen-bond acceptors (Lipinski definition) is 6. The van der Waals surface area contributed by atoms with Crippen LogP contribution in [0.2, 0.25) is 0 Å². The highest BCUT2D eigenvalue weighted by atomic mass is 16.6. The van der Waals surface area contributed by atoms with Crippen molar-refractivity contribution in [2.75, 3.05) is 41.0 Å². The Bertz CT molecular complexity index is 973. The number of carboxylic acid groups (broad SMARTS) is 1. The third-order valence-electron chi connectivity index (χ3n) is 10.6. The maximum atomic E-state index is 12.7. The van der Waals surface area contributed by atoms with Crippen LogP contribution in [0.15, 0.2) is 24.3 Å². The van der Waals surface area contributed by atoms with E-state index >= 15 is 0 Å². The lowest BCUT2D eigenvalue weighted by Crippen LogP contribution is -2.50. The van der Waals surface area contributed by atoms with Crippen LogP contribution in [0.5, 0.6) is 0 Å². The van der Waals surface area contributed by atoms with Gasteiger partial charge in [-0.3, -0.25) is 9.59 Å². The summed E-state index contributed by atoms with van der Waals surface area (Å²) in [5.74, 6) is -1.47. The van der Waals surface area contributed by atoms with Gasteiger partial charge in [0.25, 0.3) is 0 Å². The number of likely N-dealkylation sites (N-methyl/N-ethyl adjacent to an activating group) is 1. The number of hydrogen-bond donors (Lipinski definition) is 1. The quantitative estimate of drug-likeness (QED) is 0.0284.